The van der Waals surface area contributed by atoms with Gasteiger partial charge in [0.2, 0.25) is 0 Å². The van der Waals surface area contributed by atoms with Crippen LogP contribution in [0.1, 0.15) is 24.4 Å². The van der Waals surface area contributed by atoms with Gasteiger partial charge in [0.25, 0.3) is 0 Å². The van der Waals surface area contributed by atoms with Gasteiger partial charge in [0.15, 0.2) is 0 Å². The Balaban J connectivity index is 0.00000162. The zero-order valence-corrected chi connectivity index (χ0v) is 12.8. The Bertz CT molecular complexity index is 383. The van der Waals surface area contributed by atoms with Crippen molar-refractivity contribution < 1.29 is 9.47 Å². The van der Waals surface area contributed by atoms with E-state index in [2.05, 4.69) is 22.0 Å². The van der Waals surface area contributed by atoms with E-state index in [1.54, 1.807) is 7.11 Å². The second kappa shape index (κ2) is 7.34. The molecule has 18 heavy (non-hydrogen) atoms. The van der Waals surface area contributed by atoms with Crippen molar-refractivity contribution in [2.45, 2.75) is 18.9 Å². The molecule has 0 saturated carbocycles. The molecule has 0 aliphatic carbocycles. The summed E-state index contributed by atoms with van der Waals surface area (Å²) in [6.07, 6.45) is 2.05. The van der Waals surface area contributed by atoms with Crippen LogP contribution in [0.4, 0.5) is 0 Å². The van der Waals surface area contributed by atoms with E-state index in [9.17, 15) is 0 Å². The lowest BCUT2D eigenvalue weighted by atomic mass is 9.87. The van der Waals surface area contributed by atoms with Crippen LogP contribution in [0.15, 0.2) is 22.7 Å². The highest BCUT2D eigenvalue weighted by molar-refractivity contribution is 9.10. The van der Waals surface area contributed by atoms with Crippen molar-refractivity contribution in [2.24, 2.45) is 11.7 Å². The number of nitrogens with two attached hydrogens (primary N) is 1. The predicted octanol–water partition coefficient (Wildman–Crippen LogP) is 3.31. The number of methoxy groups -OCH3 is 1. The molecule has 0 aromatic heterocycles. The summed E-state index contributed by atoms with van der Waals surface area (Å²) in [4.78, 5) is 0. The topological polar surface area (TPSA) is 44.5 Å². The van der Waals surface area contributed by atoms with Crippen LogP contribution >= 0.6 is 28.3 Å². The van der Waals surface area contributed by atoms with E-state index < -0.39 is 0 Å². The summed E-state index contributed by atoms with van der Waals surface area (Å²) >= 11 is 3.48. The highest BCUT2D eigenvalue weighted by Gasteiger charge is 2.24. The third kappa shape index (κ3) is 3.60. The molecule has 1 aromatic rings. The van der Waals surface area contributed by atoms with Gasteiger partial charge < -0.3 is 15.2 Å². The molecule has 2 rings (SSSR count). The van der Waals surface area contributed by atoms with Crippen molar-refractivity contribution in [3.8, 4) is 5.75 Å². The fourth-order valence-electron chi connectivity index (χ4n) is 2.29. The summed E-state index contributed by atoms with van der Waals surface area (Å²) < 4.78 is 11.8. The molecular formula is C13H19BrClNO2. The van der Waals surface area contributed by atoms with Crippen LogP contribution in [0.25, 0.3) is 0 Å². The van der Waals surface area contributed by atoms with Crippen LogP contribution in [-0.4, -0.2) is 20.3 Å². The first-order valence-corrected chi connectivity index (χ1v) is 6.68. The first-order chi connectivity index (χ1) is 8.22. The van der Waals surface area contributed by atoms with Crippen molar-refractivity contribution in [1.82, 2.24) is 0 Å². The smallest absolute Gasteiger partial charge is 0.123 e. The fourth-order valence-corrected chi connectivity index (χ4v) is 2.67. The molecule has 0 radical (unpaired) electrons. The average Bonchev–Trinajstić information content (AvgIpc) is 2.39. The molecule has 1 atom stereocenters. The van der Waals surface area contributed by atoms with E-state index in [0.717, 1.165) is 41.8 Å². The molecule has 1 fully saturated rings. The summed E-state index contributed by atoms with van der Waals surface area (Å²) in [5.74, 6) is 1.35. The fraction of sp³-hybridized carbons (Fsp3) is 0.538. The van der Waals surface area contributed by atoms with E-state index in [0.29, 0.717) is 5.92 Å². The van der Waals surface area contributed by atoms with Crippen LogP contribution in [0.2, 0.25) is 0 Å². The molecule has 0 unspecified atom stereocenters. The Morgan fingerprint density at radius 3 is 2.67 bits per heavy atom. The molecule has 2 N–H and O–H groups in total. The lowest BCUT2D eigenvalue weighted by molar-refractivity contribution is 0.0581. The van der Waals surface area contributed by atoms with Gasteiger partial charge in [0.05, 0.1) is 7.11 Å². The molecule has 102 valence electrons. The minimum atomic E-state index is 0. The maximum absolute atomic E-state index is 6.36. The van der Waals surface area contributed by atoms with Crippen LogP contribution in [0.3, 0.4) is 0 Å². The van der Waals surface area contributed by atoms with E-state index in [-0.39, 0.29) is 18.4 Å². The largest absolute Gasteiger partial charge is 0.496 e. The minimum Gasteiger partial charge on any atom is -0.496 e. The van der Waals surface area contributed by atoms with Gasteiger partial charge in [0.1, 0.15) is 5.75 Å². The second-order valence-electron chi connectivity index (χ2n) is 4.36. The quantitative estimate of drug-likeness (QED) is 0.921. The number of halogens is 2. The highest BCUT2D eigenvalue weighted by Crippen LogP contribution is 2.34. The Hall–Kier alpha value is -0.290. The molecule has 1 aliphatic rings. The van der Waals surface area contributed by atoms with Gasteiger partial charge in [-0.3, -0.25) is 0 Å². The van der Waals surface area contributed by atoms with E-state index in [1.165, 1.54) is 0 Å². The van der Waals surface area contributed by atoms with Gasteiger partial charge >= 0.3 is 0 Å². The van der Waals surface area contributed by atoms with Gasteiger partial charge in [-0.1, -0.05) is 15.9 Å². The van der Waals surface area contributed by atoms with Crippen LogP contribution in [0.5, 0.6) is 5.75 Å². The first-order valence-electron chi connectivity index (χ1n) is 5.89. The molecule has 1 aliphatic heterocycles. The maximum Gasteiger partial charge on any atom is 0.123 e. The molecular weight excluding hydrogens is 318 g/mol. The Morgan fingerprint density at radius 2 is 2.06 bits per heavy atom. The SMILES string of the molecule is COc1ccc(Br)cc1[C@@H](N)C1CCOCC1.Cl. The number of benzene rings is 1. The minimum absolute atomic E-state index is 0. The summed E-state index contributed by atoms with van der Waals surface area (Å²) in [7, 11) is 1.68. The van der Waals surface area contributed by atoms with E-state index in [1.807, 2.05) is 12.1 Å². The normalized spacial score (nSPS) is 17.9. The van der Waals surface area contributed by atoms with Crippen molar-refractivity contribution in [1.29, 1.82) is 0 Å². The van der Waals surface area contributed by atoms with E-state index >= 15 is 0 Å². The molecule has 0 spiro atoms. The van der Waals surface area contributed by atoms with Gasteiger partial charge in [0, 0.05) is 29.3 Å². The van der Waals surface area contributed by atoms with Gasteiger partial charge in [-0.05, 0) is 37.0 Å². The monoisotopic (exact) mass is 335 g/mol. The van der Waals surface area contributed by atoms with Gasteiger partial charge in [-0.15, -0.1) is 12.4 Å². The predicted molar refractivity (Wildman–Crippen MR) is 78.4 cm³/mol. The van der Waals surface area contributed by atoms with E-state index in [4.69, 9.17) is 15.2 Å². The van der Waals surface area contributed by atoms with Crippen molar-refractivity contribution in [3.63, 3.8) is 0 Å². The van der Waals surface area contributed by atoms with Crippen LogP contribution in [0, 0.1) is 5.92 Å². The summed E-state index contributed by atoms with van der Waals surface area (Å²) in [5, 5.41) is 0. The lowest BCUT2D eigenvalue weighted by Crippen LogP contribution is -2.27. The molecule has 3 nitrogen and oxygen atoms in total. The molecule has 0 amide bonds. The number of hydrogen-bond acceptors (Lipinski definition) is 3. The molecule has 5 heteroatoms. The molecule has 1 heterocycles. The Labute approximate surface area is 123 Å². The summed E-state index contributed by atoms with van der Waals surface area (Å²) in [6.45, 7) is 1.63. The van der Waals surface area contributed by atoms with Gasteiger partial charge in [-0.2, -0.15) is 0 Å². The number of rotatable bonds is 3. The van der Waals surface area contributed by atoms with Crippen LogP contribution in [-0.2, 0) is 4.74 Å². The third-order valence-electron chi connectivity index (χ3n) is 3.32. The number of ether oxygens (including phenoxy) is 2. The Morgan fingerprint density at radius 1 is 1.39 bits per heavy atom. The molecule has 1 aromatic carbocycles. The van der Waals surface area contributed by atoms with Crippen molar-refractivity contribution in [2.75, 3.05) is 20.3 Å². The van der Waals surface area contributed by atoms with Gasteiger partial charge in [-0.25, -0.2) is 0 Å². The number of hydrogen-bond donors (Lipinski definition) is 1. The van der Waals surface area contributed by atoms with Crippen molar-refractivity contribution >= 4 is 28.3 Å². The zero-order valence-electron chi connectivity index (χ0n) is 10.4. The highest BCUT2D eigenvalue weighted by atomic mass is 79.9. The lowest BCUT2D eigenvalue weighted by Gasteiger charge is -2.28. The average molecular weight is 337 g/mol. The summed E-state index contributed by atoms with van der Waals surface area (Å²) in [6, 6.07) is 6.00. The maximum atomic E-state index is 6.36. The summed E-state index contributed by atoms with van der Waals surface area (Å²) in [5.41, 5.74) is 7.44. The Kier molecular flexibility index (Phi) is 6.43. The molecule has 1 saturated heterocycles. The molecule has 0 bridgehead atoms. The van der Waals surface area contributed by atoms with Crippen molar-refractivity contribution in [3.05, 3.63) is 28.2 Å². The first kappa shape index (κ1) is 15.8. The second-order valence-corrected chi connectivity index (χ2v) is 5.28. The standard InChI is InChI=1S/C13H18BrNO2.ClH/c1-16-12-3-2-10(14)8-11(12)13(15)9-4-6-17-7-5-9;/h2-3,8-9,13H,4-7,15H2,1H3;1H/t13-;/m0./s1. The zero-order chi connectivity index (χ0) is 12.3. The third-order valence-corrected chi connectivity index (χ3v) is 3.82. The van der Waals surface area contributed by atoms with Crippen LogP contribution < -0.4 is 10.5 Å².